The van der Waals surface area contributed by atoms with Crippen molar-refractivity contribution in [2.24, 2.45) is 5.84 Å². The molecule has 0 radical (unpaired) electrons. The van der Waals surface area contributed by atoms with E-state index >= 15 is 0 Å². The average molecular weight is 264 g/mol. The molecule has 7 nitrogen and oxygen atoms in total. The van der Waals surface area contributed by atoms with Crippen LogP contribution in [0.5, 0.6) is 0 Å². The number of hydrogen-bond donors (Lipinski definition) is 2. The zero-order valence-electron chi connectivity index (χ0n) is 10.1. The molecule has 1 aliphatic rings. The van der Waals surface area contributed by atoms with E-state index in [1.165, 1.54) is 4.31 Å². The molecule has 0 atom stereocenters. The summed E-state index contributed by atoms with van der Waals surface area (Å²) in [5, 5.41) is 0. The van der Waals surface area contributed by atoms with Crippen molar-refractivity contribution in [2.75, 3.05) is 38.5 Å². The van der Waals surface area contributed by atoms with Gasteiger partial charge in [0, 0.05) is 32.6 Å². The first-order valence-electron chi connectivity index (χ1n) is 5.69. The van der Waals surface area contributed by atoms with Crippen molar-refractivity contribution in [3.63, 3.8) is 0 Å². The van der Waals surface area contributed by atoms with Crippen molar-refractivity contribution in [3.8, 4) is 0 Å². The summed E-state index contributed by atoms with van der Waals surface area (Å²) in [6, 6.07) is 0. The number of rotatable bonds is 5. The number of hydrogen-bond acceptors (Lipinski definition) is 5. The Labute approximate surface area is 102 Å². The normalized spacial score (nSPS) is 19.2. The van der Waals surface area contributed by atoms with Gasteiger partial charge in [0.05, 0.1) is 5.75 Å². The van der Waals surface area contributed by atoms with Crippen LogP contribution in [0.3, 0.4) is 0 Å². The summed E-state index contributed by atoms with van der Waals surface area (Å²) in [6.07, 6.45) is -0.0905. The van der Waals surface area contributed by atoms with Gasteiger partial charge in [0.2, 0.25) is 15.9 Å². The number of hydrazine groups is 1. The Balaban J connectivity index is 2.46. The molecule has 3 N–H and O–H groups in total. The SMILES string of the molecule is CCN1CCN(S(=O)(=O)CCC(=O)NN)CC1. The van der Waals surface area contributed by atoms with E-state index in [2.05, 4.69) is 11.8 Å². The Hall–Kier alpha value is -0.700. The lowest BCUT2D eigenvalue weighted by Crippen LogP contribution is -2.49. The van der Waals surface area contributed by atoms with Crippen LogP contribution in [0.25, 0.3) is 0 Å². The number of carbonyl (C=O) groups excluding carboxylic acids is 1. The summed E-state index contributed by atoms with van der Waals surface area (Å²) in [5.74, 6) is 4.27. The molecule has 0 spiro atoms. The molecular formula is C9H20N4O3S. The molecule has 1 saturated heterocycles. The average Bonchev–Trinajstić information content (AvgIpc) is 2.36. The van der Waals surface area contributed by atoms with Crippen LogP contribution < -0.4 is 11.3 Å². The zero-order valence-corrected chi connectivity index (χ0v) is 10.9. The van der Waals surface area contributed by atoms with Crippen LogP contribution in [-0.4, -0.2) is 62.0 Å². The maximum absolute atomic E-state index is 11.9. The largest absolute Gasteiger partial charge is 0.301 e. The van der Waals surface area contributed by atoms with E-state index in [1.54, 1.807) is 0 Å². The zero-order chi connectivity index (χ0) is 12.9. The lowest BCUT2D eigenvalue weighted by atomic mass is 10.4. The number of sulfonamides is 1. The van der Waals surface area contributed by atoms with Gasteiger partial charge >= 0.3 is 0 Å². The molecule has 1 rings (SSSR count). The molecular weight excluding hydrogens is 244 g/mol. The van der Waals surface area contributed by atoms with E-state index in [-0.39, 0.29) is 12.2 Å². The molecule has 0 aliphatic carbocycles. The van der Waals surface area contributed by atoms with E-state index in [0.29, 0.717) is 13.1 Å². The van der Waals surface area contributed by atoms with Gasteiger partial charge < -0.3 is 4.90 Å². The van der Waals surface area contributed by atoms with Crippen molar-refractivity contribution < 1.29 is 13.2 Å². The summed E-state index contributed by atoms with van der Waals surface area (Å²) in [5.41, 5.74) is 1.93. The van der Waals surface area contributed by atoms with Gasteiger partial charge in [-0.15, -0.1) is 0 Å². The third-order valence-electron chi connectivity index (χ3n) is 2.92. The topological polar surface area (TPSA) is 95.7 Å². The summed E-state index contributed by atoms with van der Waals surface area (Å²) in [7, 11) is -3.33. The van der Waals surface area contributed by atoms with E-state index in [4.69, 9.17) is 5.84 Å². The molecule has 8 heteroatoms. The fourth-order valence-corrected chi connectivity index (χ4v) is 3.17. The van der Waals surface area contributed by atoms with Gasteiger partial charge in [0.25, 0.3) is 0 Å². The predicted octanol–water partition coefficient (Wildman–Crippen LogP) is -1.67. The fourth-order valence-electron chi connectivity index (χ4n) is 1.75. The van der Waals surface area contributed by atoms with Crippen molar-refractivity contribution in [1.29, 1.82) is 0 Å². The van der Waals surface area contributed by atoms with Crippen molar-refractivity contribution in [1.82, 2.24) is 14.6 Å². The first-order chi connectivity index (χ1) is 7.99. The van der Waals surface area contributed by atoms with E-state index < -0.39 is 15.9 Å². The van der Waals surface area contributed by atoms with Crippen LogP contribution in [0.1, 0.15) is 13.3 Å². The van der Waals surface area contributed by atoms with Crippen molar-refractivity contribution in [2.45, 2.75) is 13.3 Å². The highest BCUT2D eigenvalue weighted by Gasteiger charge is 2.26. The minimum Gasteiger partial charge on any atom is -0.301 e. The van der Waals surface area contributed by atoms with Crippen LogP contribution in [0.4, 0.5) is 0 Å². The lowest BCUT2D eigenvalue weighted by molar-refractivity contribution is -0.120. The van der Waals surface area contributed by atoms with Crippen LogP contribution in [0.2, 0.25) is 0 Å². The van der Waals surface area contributed by atoms with E-state index in [1.807, 2.05) is 5.43 Å². The number of nitrogens with two attached hydrogens (primary N) is 1. The maximum Gasteiger partial charge on any atom is 0.234 e. The van der Waals surface area contributed by atoms with Crippen molar-refractivity contribution in [3.05, 3.63) is 0 Å². The Kier molecular flexibility index (Phi) is 5.31. The van der Waals surface area contributed by atoms with Gasteiger partial charge in [-0.05, 0) is 6.54 Å². The number of amides is 1. The molecule has 0 aromatic heterocycles. The maximum atomic E-state index is 11.9. The summed E-state index contributed by atoms with van der Waals surface area (Å²) >= 11 is 0. The number of nitrogens with zero attached hydrogens (tertiary/aromatic N) is 2. The Bertz CT molecular complexity index is 349. The Morgan fingerprint density at radius 3 is 2.35 bits per heavy atom. The molecule has 1 heterocycles. The summed E-state index contributed by atoms with van der Waals surface area (Å²) in [6.45, 7) is 5.48. The van der Waals surface area contributed by atoms with Gasteiger partial charge in [-0.2, -0.15) is 4.31 Å². The van der Waals surface area contributed by atoms with Crippen LogP contribution >= 0.6 is 0 Å². The lowest BCUT2D eigenvalue weighted by Gasteiger charge is -2.33. The van der Waals surface area contributed by atoms with Gasteiger partial charge in [-0.1, -0.05) is 6.92 Å². The molecule has 0 bridgehead atoms. The summed E-state index contributed by atoms with van der Waals surface area (Å²) in [4.78, 5) is 13.1. The van der Waals surface area contributed by atoms with Crippen LogP contribution in [0, 0.1) is 0 Å². The predicted molar refractivity (Wildman–Crippen MR) is 64.4 cm³/mol. The molecule has 0 saturated carbocycles. The van der Waals surface area contributed by atoms with Gasteiger partial charge in [-0.3, -0.25) is 10.2 Å². The third-order valence-corrected chi connectivity index (χ3v) is 4.79. The first kappa shape index (κ1) is 14.4. The van der Waals surface area contributed by atoms with Crippen molar-refractivity contribution >= 4 is 15.9 Å². The second-order valence-electron chi connectivity index (χ2n) is 3.97. The van der Waals surface area contributed by atoms with Crippen LogP contribution in [0.15, 0.2) is 0 Å². The molecule has 0 aromatic carbocycles. The van der Waals surface area contributed by atoms with Gasteiger partial charge in [0.15, 0.2) is 0 Å². The van der Waals surface area contributed by atoms with E-state index in [9.17, 15) is 13.2 Å². The first-order valence-corrected chi connectivity index (χ1v) is 7.30. The molecule has 0 aromatic rings. The third kappa shape index (κ3) is 4.23. The molecule has 1 fully saturated rings. The monoisotopic (exact) mass is 264 g/mol. The second kappa shape index (κ2) is 6.29. The van der Waals surface area contributed by atoms with Gasteiger partial charge in [-0.25, -0.2) is 14.3 Å². The molecule has 0 unspecified atom stereocenters. The molecule has 100 valence electrons. The molecule has 1 amide bonds. The fraction of sp³-hybridized carbons (Fsp3) is 0.889. The summed E-state index contributed by atoms with van der Waals surface area (Å²) < 4.78 is 25.2. The molecule has 17 heavy (non-hydrogen) atoms. The number of nitrogens with one attached hydrogen (secondary N) is 1. The highest BCUT2D eigenvalue weighted by atomic mass is 32.2. The minimum absolute atomic E-state index is 0.0905. The minimum atomic E-state index is -3.33. The number of likely N-dealkylation sites (N-methyl/N-ethyl adjacent to an activating group) is 1. The Morgan fingerprint density at radius 2 is 1.88 bits per heavy atom. The number of piperazine rings is 1. The van der Waals surface area contributed by atoms with E-state index in [0.717, 1.165) is 19.6 Å². The Morgan fingerprint density at radius 1 is 1.29 bits per heavy atom. The standard InChI is InChI=1S/C9H20N4O3S/c1-2-12-4-6-13(7-5-12)17(15,16)8-3-9(14)11-10/h2-8,10H2,1H3,(H,11,14). The van der Waals surface area contributed by atoms with Gasteiger partial charge in [0.1, 0.15) is 0 Å². The second-order valence-corrected chi connectivity index (χ2v) is 6.06. The van der Waals surface area contributed by atoms with Crippen LogP contribution in [-0.2, 0) is 14.8 Å². The molecule has 1 aliphatic heterocycles. The highest BCUT2D eigenvalue weighted by Crippen LogP contribution is 2.08. The quantitative estimate of drug-likeness (QED) is 0.352. The smallest absolute Gasteiger partial charge is 0.234 e. The highest BCUT2D eigenvalue weighted by molar-refractivity contribution is 7.89. The number of carbonyl (C=O) groups is 1.